The summed E-state index contributed by atoms with van der Waals surface area (Å²) in [6.07, 6.45) is 1.27. The van der Waals surface area contributed by atoms with E-state index in [1.165, 1.54) is 18.2 Å². The van der Waals surface area contributed by atoms with Gasteiger partial charge in [-0.3, -0.25) is 9.59 Å². The first kappa shape index (κ1) is 18.6. The van der Waals surface area contributed by atoms with Gasteiger partial charge in [-0.2, -0.15) is 0 Å². The van der Waals surface area contributed by atoms with Crippen molar-refractivity contribution in [3.05, 3.63) is 53.6 Å². The van der Waals surface area contributed by atoms with Crippen LogP contribution in [0.25, 0.3) is 0 Å². The summed E-state index contributed by atoms with van der Waals surface area (Å²) in [4.78, 5) is 26.5. The minimum absolute atomic E-state index is 0.0127. The number of amides is 2. The van der Waals surface area contributed by atoms with E-state index in [9.17, 15) is 19.8 Å². The zero-order valence-corrected chi connectivity index (χ0v) is 15.0. The minimum atomic E-state index is -0.249. The highest BCUT2D eigenvalue weighted by atomic mass is 16.5. The lowest BCUT2D eigenvalue weighted by Crippen LogP contribution is -2.46. The smallest absolute Gasteiger partial charge is 0.254 e. The van der Waals surface area contributed by atoms with E-state index in [0.29, 0.717) is 37.2 Å². The summed E-state index contributed by atoms with van der Waals surface area (Å²) < 4.78 is 5.08. The molecule has 2 aromatic carbocycles. The fourth-order valence-corrected chi connectivity index (χ4v) is 3.14. The molecule has 0 aromatic heterocycles. The summed E-state index contributed by atoms with van der Waals surface area (Å²) >= 11 is 0. The van der Waals surface area contributed by atoms with E-state index in [4.69, 9.17) is 4.74 Å². The summed E-state index contributed by atoms with van der Waals surface area (Å²) in [5.74, 6) is -0.0159. The third-order valence-corrected chi connectivity index (χ3v) is 4.62. The number of aromatic hydroxyl groups is 2. The Kier molecular flexibility index (Phi) is 5.49. The molecule has 142 valence electrons. The van der Waals surface area contributed by atoms with Crippen LogP contribution in [0.15, 0.2) is 42.5 Å². The van der Waals surface area contributed by atoms with Gasteiger partial charge >= 0.3 is 0 Å². The molecule has 1 fully saturated rings. The molecule has 3 rings (SSSR count). The van der Waals surface area contributed by atoms with Crippen LogP contribution < -0.4 is 10.1 Å². The molecule has 0 spiro atoms. The summed E-state index contributed by atoms with van der Waals surface area (Å²) in [5, 5.41) is 22.1. The Morgan fingerprint density at radius 2 is 1.59 bits per heavy atom. The first-order chi connectivity index (χ1) is 13.0. The highest BCUT2D eigenvalue weighted by Crippen LogP contribution is 2.23. The number of hydrogen-bond donors (Lipinski definition) is 3. The minimum Gasteiger partial charge on any atom is -0.508 e. The van der Waals surface area contributed by atoms with Crippen LogP contribution in [0.3, 0.4) is 0 Å². The molecule has 2 aromatic rings. The van der Waals surface area contributed by atoms with Crippen LogP contribution in [0, 0.1) is 0 Å². The van der Waals surface area contributed by atoms with Gasteiger partial charge in [-0.15, -0.1) is 0 Å². The van der Waals surface area contributed by atoms with Gasteiger partial charge in [0.25, 0.3) is 11.8 Å². The van der Waals surface area contributed by atoms with Crippen LogP contribution in [-0.4, -0.2) is 53.2 Å². The summed E-state index contributed by atoms with van der Waals surface area (Å²) in [6.45, 7) is 0.978. The zero-order chi connectivity index (χ0) is 19.4. The maximum absolute atomic E-state index is 12.5. The first-order valence-corrected chi connectivity index (χ1v) is 8.73. The average molecular weight is 370 g/mol. The highest BCUT2D eigenvalue weighted by molar-refractivity contribution is 5.95. The van der Waals surface area contributed by atoms with Crippen LogP contribution in [0.1, 0.15) is 33.6 Å². The van der Waals surface area contributed by atoms with Crippen LogP contribution >= 0.6 is 0 Å². The lowest BCUT2D eigenvalue weighted by molar-refractivity contribution is 0.0697. The third kappa shape index (κ3) is 4.49. The molecular formula is C20H22N2O5. The van der Waals surface area contributed by atoms with Gasteiger partial charge in [-0.1, -0.05) is 0 Å². The van der Waals surface area contributed by atoms with Crippen molar-refractivity contribution in [1.29, 1.82) is 0 Å². The Morgan fingerprint density at radius 1 is 1.00 bits per heavy atom. The second-order valence-electron chi connectivity index (χ2n) is 6.51. The Bertz CT molecular complexity index is 807. The van der Waals surface area contributed by atoms with Crippen molar-refractivity contribution in [3.8, 4) is 17.2 Å². The van der Waals surface area contributed by atoms with Crippen LogP contribution in [-0.2, 0) is 0 Å². The number of phenols is 2. The van der Waals surface area contributed by atoms with Gasteiger partial charge < -0.3 is 25.2 Å². The molecule has 1 saturated heterocycles. The molecule has 0 saturated carbocycles. The van der Waals surface area contributed by atoms with E-state index in [-0.39, 0.29) is 34.9 Å². The number of ether oxygens (including phenoxy) is 1. The van der Waals surface area contributed by atoms with Crippen molar-refractivity contribution in [3.63, 3.8) is 0 Å². The largest absolute Gasteiger partial charge is 0.508 e. The van der Waals surface area contributed by atoms with E-state index >= 15 is 0 Å². The molecule has 2 amide bonds. The number of piperidine rings is 1. The van der Waals surface area contributed by atoms with Crippen molar-refractivity contribution >= 4 is 11.8 Å². The number of benzene rings is 2. The van der Waals surface area contributed by atoms with Gasteiger partial charge in [0.2, 0.25) is 0 Å². The Morgan fingerprint density at radius 3 is 2.15 bits per heavy atom. The summed E-state index contributed by atoms with van der Waals surface area (Å²) in [7, 11) is 1.57. The van der Waals surface area contributed by atoms with Gasteiger partial charge in [0.05, 0.1) is 7.11 Å². The molecule has 0 bridgehead atoms. The number of carbonyl (C=O) groups excluding carboxylic acids is 2. The number of rotatable bonds is 4. The van der Waals surface area contributed by atoms with Crippen molar-refractivity contribution < 1.29 is 24.5 Å². The SMILES string of the molecule is COc1ccc(C(=O)NC2CCN(C(=O)c3cc(O)cc(O)c3)CC2)cc1. The lowest BCUT2D eigenvalue weighted by atomic mass is 10.0. The Labute approximate surface area is 157 Å². The maximum Gasteiger partial charge on any atom is 0.254 e. The molecule has 1 aliphatic rings. The van der Waals surface area contributed by atoms with E-state index in [0.717, 1.165) is 0 Å². The number of carbonyl (C=O) groups is 2. The van der Waals surface area contributed by atoms with Crippen molar-refractivity contribution in [1.82, 2.24) is 10.2 Å². The topological polar surface area (TPSA) is 99.1 Å². The molecule has 0 atom stereocenters. The maximum atomic E-state index is 12.5. The summed E-state index contributed by atoms with van der Waals surface area (Å²) in [5.41, 5.74) is 0.803. The average Bonchev–Trinajstić information content (AvgIpc) is 2.67. The van der Waals surface area contributed by atoms with E-state index in [1.807, 2.05) is 0 Å². The van der Waals surface area contributed by atoms with Crippen molar-refractivity contribution in [2.24, 2.45) is 0 Å². The van der Waals surface area contributed by atoms with E-state index < -0.39 is 0 Å². The molecule has 0 radical (unpaired) electrons. The van der Waals surface area contributed by atoms with Gasteiger partial charge in [-0.05, 0) is 49.2 Å². The van der Waals surface area contributed by atoms with Gasteiger partial charge in [0, 0.05) is 36.3 Å². The molecule has 0 aliphatic carbocycles. The molecule has 1 aliphatic heterocycles. The number of phenolic OH excluding ortho intramolecular Hbond substituents is 2. The molecule has 3 N–H and O–H groups in total. The molecular weight excluding hydrogens is 348 g/mol. The van der Waals surface area contributed by atoms with E-state index in [1.54, 1.807) is 36.3 Å². The fraction of sp³-hybridized carbons (Fsp3) is 0.300. The Hall–Kier alpha value is -3.22. The second-order valence-corrected chi connectivity index (χ2v) is 6.51. The second kappa shape index (κ2) is 7.99. The predicted molar refractivity (Wildman–Crippen MR) is 99.2 cm³/mol. The predicted octanol–water partition coefficient (Wildman–Crippen LogP) is 2.14. The molecule has 0 unspecified atom stereocenters. The van der Waals surface area contributed by atoms with Crippen LogP contribution in [0.4, 0.5) is 0 Å². The van der Waals surface area contributed by atoms with Crippen LogP contribution in [0.5, 0.6) is 17.2 Å². The quantitative estimate of drug-likeness (QED) is 0.766. The third-order valence-electron chi connectivity index (χ3n) is 4.62. The highest BCUT2D eigenvalue weighted by Gasteiger charge is 2.25. The van der Waals surface area contributed by atoms with Crippen LogP contribution in [0.2, 0.25) is 0 Å². The first-order valence-electron chi connectivity index (χ1n) is 8.73. The molecule has 1 heterocycles. The van der Waals surface area contributed by atoms with Gasteiger partial charge in [0.1, 0.15) is 17.2 Å². The molecule has 27 heavy (non-hydrogen) atoms. The Balaban J connectivity index is 1.55. The van der Waals surface area contributed by atoms with E-state index in [2.05, 4.69) is 5.32 Å². The number of nitrogens with one attached hydrogen (secondary N) is 1. The monoisotopic (exact) mass is 370 g/mol. The zero-order valence-electron chi connectivity index (χ0n) is 15.0. The molecule has 7 heteroatoms. The number of methoxy groups -OCH3 is 1. The lowest BCUT2D eigenvalue weighted by Gasteiger charge is -2.32. The van der Waals surface area contributed by atoms with Crippen molar-refractivity contribution in [2.45, 2.75) is 18.9 Å². The van der Waals surface area contributed by atoms with Crippen molar-refractivity contribution in [2.75, 3.05) is 20.2 Å². The number of likely N-dealkylation sites (tertiary alicyclic amines) is 1. The summed E-state index contributed by atoms with van der Waals surface area (Å²) in [6, 6.07) is 10.7. The van der Waals surface area contributed by atoms with Gasteiger partial charge in [-0.25, -0.2) is 0 Å². The van der Waals surface area contributed by atoms with Gasteiger partial charge in [0.15, 0.2) is 0 Å². The number of nitrogens with zero attached hydrogens (tertiary/aromatic N) is 1. The number of hydrogen-bond acceptors (Lipinski definition) is 5. The molecule has 7 nitrogen and oxygen atoms in total. The fourth-order valence-electron chi connectivity index (χ4n) is 3.14. The normalized spacial score (nSPS) is 14.6. The standard InChI is InChI=1S/C20H22N2O5/c1-27-18-4-2-13(3-5-18)19(25)21-15-6-8-22(9-7-15)20(26)14-10-16(23)12-17(24)11-14/h2-5,10-12,15,23-24H,6-9H2,1H3,(H,21,25).